The van der Waals surface area contributed by atoms with E-state index in [1.54, 1.807) is 0 Å². The summed E-state index contributed by atoms with van der Waals surface area (Å²) in [6.45, 7) is 12.3. The smallest absolute Gasteiger partial charge is 0.315 e. The Labute approximate surface area is 152 Å². The molecule has 136 valence electrons. The molecule has 0 radical (unpaired) electrons. The molecule has 0 heterocycles. The average molecular weight is 341 g/mol. The van der Waals surface area contributed by atoms with Crippen molar-refractivity contribution in [3.05, 3.63) is 42.0 Å². The highest BCUT2D eigenvalue weighted by molar-refractivity contribution is 5.75. The fourth-order valence-electron chi connectivity index (χ4n) is 4.79. The molecule has 2 bridgehead atoms. The lowest BCUT2D eigenvalue weighted by Crippen LogP contribution is -2.51. The van der Waals surface area contributed by atoms with E-state index < -0.39 is 5.54 Å². The Morgan fingerprint density at radius 2 is 2.04 bits per heavy atom. The normalized spacial score (nSPS) is 26.3. The lowest BCUT2D eigenvalue weighted by atomic mass is 9.84. The Morgan fingerprint density at radius 1 is 1.28 bits per heavy atom. The van der Waals surface area contributed by atoms with E-state index in [4.69, 9.17) is 0 Å². The Balaban J connectivity index is 1.61. The first-order chi connectivity index (χ1) is 11.8. The van der Waals surface area contributed by atoms with Crippen molar-refractivity contribution in [2.45, 2.75) is 65.0 Å². The van der Waals surface area contributed by atoms with Crippen LogP contribution in [0.1, 0.15) is 64.5 Å². The molecule has 2 aliphatic rings. The largest absolute Gasteiger partial charge is 0.335 e. The maximum absolute atomic E-state index is 12.6. The number of urea groups is 1. The molecule has 2 N–H and O–H groups in total. The zero-order chi connectivity index (χ0) is 18.2. The molecular weight excluding hydrogens is 308 g/mol. The molecule has 4 unspecified atom stereocenters. The highest BCUT2D eigenvalue weighted by atomic mass is 16.2. The number of allylic oxidation sites excluding steroid dienone is 1. The monoisotopic (exact) mass is 340 g/mol. The molecule has 2 aliphatic carbocycles. The average Bonchev–Trinajstić information content (AvgIpc) is 3.17. The minimum atomic E-state index is -0.427. The summed E-state index contributed by atoms with van der Waals surface area (Å²) in [6, 6.07) is 8.43. The summed E-state index contributed by atoms with van der Waals surface area (Å²) in [4.78, 5) is 12.6. The van der Waals surface area contributed by atoms with Crippen molar-refractivity contribution in [1.82, 2.24) is 10.6 Å². The molecule has 0 saturated heterocycles. The van der Waals surface area contributed by atoms with Gasteiger partial charge < -0.3 is 10.6 Å². The zero-order valence-corrected chi connectivity index (χ0v) is 16.1. The minimum absolute atomic E-state index is 0.0685. The van der Waals surface area contributed by atoms with Crippen LogP contribution >= 0.6 is 0 Å². The lowest BCUT2D eigenvalue weighted by molar-refractivity contribution is 0.211. The second kappa shape index (κ2) is 6.86. The van der Waals surface area contributed by atoms with E-state index in [9.17, 15) is 4.79 Å². The van der Waals surface area contributed by atoms with Crippen LogP contribution in [0.3, 0.4) is 0 Å². The number of hydrogen-bond acceptors (Lipinski definition) is 1. The Hall–Kier alpha value is -1.77. The van der Waals surface area contributed by atoms with Gasteiger partial charge >= 0.3 is 6.03 Å². The summed E-state index contributed by atoms with van der Waals surface area (Å²) in [6.07, 6.45) is 5.40. The summed E-state index contributed by atoms with van der Waals surface area (Å²) in [5, 5.41) is 6.36. The molecule has 3 heteroatoms. The lowest BCUT2D eigenvalue weighted by Gasteiger charge is -2.32. The third-order valence-electron chi connectivity index (χ3n) is 6.30. The van der Waals surface area contributed by atoms with E-state index in [0.29, 0.717) is 5.92 Å². The molecule has 2 amide bonds. The van der Waals surface area contributed by atoms with Crippen LogP contribution in [0.15, 0.2) is 30.8 Å². The maximum atomic E-state index is 12.6. The maximum Gasteiger partial charge on any atom is 0.315 e. The van der Waals surface area contributed by atoms with Crippen LogP contribution in [0.2, 0.25) is 0 Å². The highest BCUT2D eigenvalue weighted by Crippen LogP contribution is 2.49. The summed E-state index contributed by atoms with van der Waals surface area (Å²) < 4.78 is 0. The molecule has 3 rings (SSSR count). The van der Waals surface area contributed by atoms with Crippen molar-refractivity contribution in [3.63, 3.8) is 0 Å². The predicted octanol–water partition coefficient (Wildman–Crippen LogP) is 5.08. The minimum Gasteiger partial charge on any atom is -0.335 e. The molecule has 1 aromatic rings. The van der Waals surface area contributed by atoms with Gasteiger partial charge in [-0.2, -0.15) is 0 Å². The van der Waals surface area contributed by atoms with Gasteiger partial charge in [0.25, 0.3) is 0 Å². The Kier molecular flexibility index (Phi) is 4.95. The molecular formula is C22H32N2O. The molecule has 25 heavy (non-hydrogen) atoms. The second-order valence-electron chi connectivity index (χ2n) is 8.71. The zero-order valence-electron chi connectivity index (χ0n) is 16.1. The van der Waals surface area contributed by atoms with Crippen molar-refractivity contribution in [1.29, 1.82) is 0 Å². The molecule has 3 nitrogen and oxygen atoms in total. The van der Waals surface area contributed by atoms with Crippen LogP contribution in [0, 0.1) is 17.8 Å². The van der Waals surface area contributed by atoms with Gasteiger partial charge in [-0.05, 0) is 81.9 Å². The van der Waals surface area contributed by atoms with Crippen molar-refractivity contribution in [2.24, 2.45) is 17.8 Å². The van der Waals surface area contributed by atoms with Crippen LogP contribution in [0.5, 0.6) is 0 Å². The summed E-state index contributed by atoms with van der Waals surface area (Å²) >= 11 is 0. The Morgan fingerprint density at radius 3 is 2.64 bits per heavy atom. The van der Waals surface area contributed by atoms with E-state index in [-0.39, 0.29) is 12.1 Å². The van der Waals surface area contributed by atoms with E-state index in [1.165, 1.54) is 25.7 Å². The van der Waals surface area contributed by atoms with Gasteiger partial charge in [-0.15, -0.1) is 0 Å². The summed E-state index contributed by atoms with van der Waals surface area (Å²) in [5.41, 5.74) is 2.81. The molecule has 0 aliphatic heterocycles. The van der Waals surface area contributed by atoms with Gasteiger partial charge in [0, 0.05) is 6.04 Å². The van der Waals surface area contributed by atoms with Gasteiger partial charge in [0.1, 0.15) is 0 Å². The van der Waals surface area contributed by atoms with Crippen LogP contribution in [-0.2, 0) is 5.54 Å². The Bertz CT molecular complexity index is 664. The van der Waals surface area contributed by atoms with Crippen molar-refractivity contribution < 1.29 is 4.79 Å². The van der Waals surface area contributed by atoms with Crippen LogP contribution in [0.25, 0.3) is 5.57 Å². The van der Waals surface area contributed by atoms with Crippen LogP contribution < -0.4 is 10.6 Å². The highest BCUT2D eigenvalue weighted by Gasteiger charge is 2.42. The van der Waals surface area contributed by atoms with Gasteiger partial charge in [0.05, 0.1) is 5.54 Å². The molecule has 2 saturated carbocycles. The van der Waals surface area contributed by atoms with Gasteiger partial charge in [0.15, 0.2) is 0 Å². The third-order valence-corrected chi connectivity index (χ3v) is 6.30. The van der Waals surface area contributed by atoms with Crippen molar-refractivity contribution >= 4 is 11.6 Å². The number of benzene rings is 1. The summed E-state index contributed by atoms with van der Waals surface area (Å²) in [7, 11) is 0. The number of fused-ring (bicyclic) bond motifs is 2. The molecule has 0 spiro atoms. The first-order valence-electron chi connectivity index (χ1n) is 9.61. The van der Waals surface area contributed by atoms with Gasteiger partial charge in [-0.25, -0.2) is 4.79 Å². The van der Waals surface area contributed by atoms with E-state index in [1.807, 2.05) is 26.8 Å². The van der Waals surface area contributed by atoms with E-state index >= 15 is 0 Å². The number of carbonyl (C=O) groups excluding carboxylic acids is 1. The van der Waals surface area contributed by atoms with Crippen LogP contribution in [0.4, 0.5) is 4.79 Å². The quantitative estimate of drug-likeness (QED) is 0.771. The van der Waals surface area contributed by atoms with Gasteiger partial charge in [0.2, 0.25) is 0 Å². The van der Waals surface area contributed by atoms with Crippen molar-refractivity contribution in [3.8, 4) is 0 Å². The molecule has 0 aromatic heterocycles. The first kappa shape index (κ1) is 18.0. The fourth-order valence-corrected chi connectivity index (χ4v) is 4.79. The first-order valence-corrected chi connectivity index (χ1v) is 9.61. The van der Waals surface area contributed by atoms with Gasteiger partial charge in [-0.1, -0.05) is 36.8 Å². The summed E-state index contributed by atoms with van der Waals surface area (Å²) in [5.74, 6) is 2.38. The third kappa shape index (κ3) is 3.91. The van der Waals surface area contributed by atoms with E-state index in [0.717, 1.165) is 28.5 Å². The van der Waals surface area contributed by atoms with Crippen LogP contribution in [-0.4, -0.2) is 12.1 Å². The fraction of sp³-hybridized carbons (Fsp3) is 0.591. The molecule has 1 aromatic carbocycles. The number of hydrogen-bond donors (Lipinski definition) is 2. The molecule has 2 fully saturated rings. The number of rotatable bonds is 5. The second-order valence-corrected chi connectivity index (χ2v) is 8.71. The SMILES string of the molecule is C=C(C)c1cccc(C(C)(C)NC(=O)NC(C)C2CC3CCC2C3)c1. The number of nitrogens with one attached hydrogen (secondary N) is 2. The topological polar surface area (TPSA) is 41.1 Å². The standard InChI is InChI=1S/C22H32N2O/c1-14(2)17-7-6-8-19(13-17)22(4,5)24-21(25)23-15(3)20-12-16-9-10-18(20)11-16/h6-8,13,15-16,18,20H,1,9-12H2,2-5H3,(H2,23,24,25). The van der Waals surface area contributed by atoms with E-state index in [2.05, 4.69) is 42.3 Å². The molecule has 4 atom stereocenters. The van der Waals surface area contributed by atoms with Crippen molar-refractivity contribution in [2.75, 3.05) is 0 Å². The number of amides is 2. The van der Waals surface area contributed by atoms with Gasteiger partial charge in [-0.3, -0.25) is 0 Å². The number of carbonyl (C=O) groups is 1. The predicted molar refractivity (Wildman–Crippen MR) is 104 cm³/mol.